The minimum absolute atomic E-state index is 0.281. The summed E-state index contributed by atoms with van der Waals surface area (Å²) in [5.41, 5.74) is 5.61. The maximum Gasteiger partial charge on any atom is 0.159 e. The fourth-order valence-corrected chi connectivity index (χ4v) is 4.25. The molecule has 1 unspecified atom stereocenters. The lowest BCUT2D eigenvalue weighted by atomic mass is 10.1. The molecule has 0 radical (unpaired) electrons. The SMILES string of the molecule is CN1c2cccnc2N2c3c(ccc4c3oc3ccccc34)CC12. The van der Waals surface area contributed by atoms with Gasteiger partial charge in [-0.25, -0.2) is 4.98 Å². The Kier molecular flexibility index (Phi) is 2.12. The predicted octanol–water partition coefficient (Wildman–Crippen LogP) is 4.45. The van der Waals surface area contributed by atoms with Crippen molar-refractivity contribution in [2.24, 2.45) is 0 Å². The van der Waals surface area contributed by atoms with E-state index in [0.717, 1.165) is 23.4 Å². The third-order valence-corrected chi connectivity index (χ3v) is 5.37. The normalized spacial score (nSPS) is 18.3. The van der Waals surface area contributed by atoms with Crippen LogP contribution in [-0.2, 0) is 6.42 Å². The Balaban J connectivity index is 1.71. The van der Waals surface area contributed by atoms with E-state index in [1.165, 1.54) is 27.7 Å². The van der Waals surface area contributed by atoms with Gasteiger partial charge in [0.05, 0.1) is 11.4 Å². The van der Waals surface area contributed by atoms with E-state index in [2.05, 4.69) is 52.2 Å². The number of hydrogen-bond donors (Lipinski definition) is 0. The first kappa shape index (κ1) is 12.4. The van der Waals surface area contributed by atoms with E-state index in [-0.39, 0.29) is 6.17 Å². The van der Waals surface area contributed by atoms with Crippen molar-refractivity contribution in [1.29, 1.82) is 0 Å². The Labute approximate surface area is 138 Å². The summed E-state index contributed by atoms with van der Waals surface area (Å²) in [6, 6.07) is 16.8. The molecule has 2 aliphatic rings. The van der Waals surface area contributed by atoms with E-state index in [9.17, 15) is 0 Å². The standard InChI is InChI=1S/C20H15N3O/c1-22-15-6-4-10-21-20(15)23-17(22)11-12-8-9-14-13-5-2-3-7-16(13)24-19(14)18(12)23/h2-10,17H,11H2,1H3. The number of likely N-dealkylation sites (N-methyl/N-ethyl adjacent to an activating group) is 1. The van der Waals surface area contributed by atoms with E-state index in [4.69, 9.17) is 4.42 Å². The van der Waals surface area contributed by atoms with Gasteiger partial charge in [0.25, 0.3) is 0 Å². The fraction of sp³-hybridized carbons (Fsp3) is 0.150. The van der Waals surface area contributed by atoms with Crippen LogP contribution < -0.4 is 9.80 Å². The Morgan fingerprint density at radius 2 is 1.96 bits per heavy atom. The van der Waals surface area contributed by atoms with E-state index in [1.54, 1.807) is 0 Å². The number of fused-ring (bicyclic) bond motifs is 9. The molecular weight excluding hydrogens is 298 g/mol. The third kappa shape index (κ3) is 1.33. The Hall–Kier alpha value is -3.01. The number of rotatable bonds is 0. The topological polar surface area (TPSA) is 32.5 Å². The van der Waals surface area contributed by atoms with Crippen molar-refractivity contribution in [3.63, 3.8) is 0 Å². The summed E-state index contributed by atoms with van der Waals surface area (Å²) in [4.78, 5) is 9.31. The van der Waals surface area contributed by atoms with E-state index < -0.39 is 0 Å². The van der Waals surface area contributed by atoms with Crippen molar-refractivity contribution < 1.29 is 4.42 Å². The summed E-state index contributed by atoms with van der Waals surface area (Å²) < 4.78 is 6.27. The lowest BCUT2D eigenvalue weighted by Gasteiger charge is -2.23. The van der Waals surface area contributed by atoms with Crippen LogP contribution >= 0.6 is 0 Å². The number of anilines is 3. The smallest absolute Gasteiger partial charge is 0.159 e. The second kappa shape index (κ2) is 4.09. The number of benzene rings is 2. The van der Waals surface area contributed by atoms with Crippen molar-refractivity contribution >= 4 is 39.1 Å². The van der Waals surface area contributed by atoms with Gasteiger partial charge in [-0.15, -0.1) is 0 Å². The monoisotopic (exact) mass is 313 g/mol. The highest BCUT2D eigenvalue weighted by molar-refractivity contribution is 6.11. The molecule has 4 nitrogen and oxygen atoms in total. The van der Waals surface area contributed by atoms with E-state index >= 15 is 0 Å². The molecule has 1 atom stereocenters. The molecule has 0 amide bonds. The summed E-state index contributed by atoms with van der Waals surface area (Å²) in [7, 11) is 2.15. The molecule has 0 aliphatic carbocycles. The summed E-state index contributed by atoms with van der Waals surface area (Å²) in [5.74, 6) is 1.02. The van der Waals surface area contributed by atoms with Crippen molar-refractivity contribution in [1.82, 2.24) is 4.98 Å². The van der Waals surface area contributed by atoms with Crippen LogP contribution in [0.2, 0.25) is 0 Å². The minimum Gasteiger partial charge on any atom is -0.454 e. The molecular formula is C20H15N3O. The molecule has 2 aromatic carbocycles. The van der Waals surface area contributed by atoms with Gasteiger partial charge >= 0.3 is 0 Å². The zero-order chi connectivity index (χ0) is 15.8. The number of furan rings is 1. The average Bonchev–Trinajstić information content (AvgIpc) is 3.25. The summed E-state index contributed by atoms with van der Waals surface area (Å²) in [5, 5.41) is 2.35. The number of nitrogens with zero attached hydrogens (tertiary/aromatic N) is 3. The van der Waals surface area contributed by atoms with Gasteiger partial charge in [0.2, 0.25) is 0 Å². The highest BCUT2D eigenvalue weighted by Gasteiger charge is 2.43. The highest BCUT2D eigenvalue weighted by atomic mass is 16.3. The van der Waals surface area contributed by atoms with Gasteiger partial charge in [-0.05, 0) is 23.8 Å². The first-order chi connectivity index (χ1) is 11.8. The predicted molar refractivity (Wildman–Crippen MR) is 96.0 cm³/mol. The number of para-hydroxylation sites is 1. The zero-order valence-electron chi connectivity index (χ0n) is 13.2. The van der Waals surface area contributed by atoms with Crippen LogP contribution in [0.15, 0.2) is 59.1 Å². The largest absolute Gasteiger partial charge is 0.454 e. The van der Waals surface area contributed by atoms with Gasteiger partial charge in [-0.1, -0.05) is 30.3 Å². The summed E-state index contributed by atoms with van der Waals surface area (Å²) in [6.45, 7) is 0. The molecule has 0 bridgehead atoms. The molecule has 116 valence electrons. The van der Waals surface area contributed by atoms with Gasteiger partial charge in [0, 0.05) is 30.4 Å². The van der Waals surface area contributed by atoms with Crippen molar-refractivity contribution in [3.05, 3.63) is 60.3 Å². The second-order valence-corrected chi connectivity index (χ2v) is 6.56. The van der Waals surface area contributed by atoms with Crippen LogP contribution in [0.5, 0.6) is 0 Å². The Morgan fingerprint density at radius 3 is 2.92 bits per heavy atom. The molecule has 24 heavy (non-hydrogen) atoms. The number of hydrogen-bond acceptors (Lipinski definition) is 4. The lowest BCUT2D eigenvalue weighted by Crippen LogP contribution is -2.36. The minimum atomic E-state index is 0.281. The lowest BCUT2D eigenvalue weighted by molar-refractivity contribution is 0.664. The molecule has 6 rings (SSSR count). The van der Waals surface area contributed by atoms with Gasteiger partial charge < -0.3 is 9.32 Å². The van der Waals surface area contributed by atoms with Crippen molar-refractivity contribution in [2.75, 3.05) is 16.8 Å². The molecule has 4 heterocycles. The molecule has 0 fully saturated rings. The Bertz CT molecular complexity index is 1130. The molecule has 4 heteroatoms. The van der Waals surface area contributed by atoms with E-state index in [1.807, 2.05) is 24.4 Å². The maximum absolute atomic E-state index is 6.27. The average molecular weight is 313 g/mol. The molecule has 0 saturated carbocycles. The Morgan fingerprint density at radius 1 is 1.04 bits per heavy atom. The summed E-state index contributed by atoms with van der Waals surface area (Å²) >= 11 is 0. The van der Waals surface area contributed by atoms with Crippen LogP contribution in [0, 0.1) is 0 Å². The molecule has 2 aromatic heterocycles. The quantitative estimate of drug-likeness (QED) is 0.480. The van der Waals surface area contributed by atoms with Crippen LogP contribution in [0.3, 0.4) is 0 Å². The zero-order valence-corrected chi connectivity index (χ0v) is 13.2. The van der Waals surface area contributed by atoms with Crippen molar-refractivity contribution in [3.8, 4) is 0 Å². The third-order valence-electron chi connectivity index (χ3n) is 5.37. The number of pyridine rings is 1. The van der Waals surface area contributed by atoms with Crippen LogP contribution in [0.25, 0.3) is 21.9 Å². The first-order valence-corrected chi connectivity index (χ1v) is 8.23. The summed E-state index contributed by atoms with van der Waals surface area (Å²) in [6.07, 6.45) is 3.13. The number of aromatic nitrogens is 1. The highest BCUT2D eigenvalue weighted by Crippen LogP contribution is 2.51. The molecule has 0 saturated heterocycles. The first-order valence-electron chi connectivity index (χ1n) is 8.23. The molecule has 2 aliphatic heterocycles. The van der Waals surface area contributed by atoms with Crippen LogP contribution in [0.4, 0.5) is 17.2 Å². The van der Waals surface area contributed by atoms with E-state index in [0.29, 0.717) is 0 Å². The van der Waals surface area contributed by atoms with Gasteiger partial charge in [0.15, 0.2) is 11.4 Å². The van der Waals surface area contributed by atoms with Crippen LogP contribution in [0.1, 0.15) is 5.56 Å². The van der Waals surface area contributed by atoms with Gasteiger partial charge in [-0.2, -0.15) is 0 Å². The van der Waals surface area contributed by atoms with Gasteiger partial charge in [-0.3, -0.25) is 4.90 Å². The molecule has 0 spiro atoms. The van der Waals surface area contributed by atoms with Crippen molar-refractivity contribution in [2.45, 2.75) is 12.6 Å². The van der Waals surface area contributed by atoms with Gasteiger partial charge in [0.1, 0.15) is 11.7 Å². The van der Waals surface area contributed by atoms with Crippen LogP contribution in [-0.4, -0.2) is 18.2 Å². The molecule has 0 N–H and O–H groups in total. The fourth-order valence-electron chi connectivity index (χ4n) is 4.25. The maximum atomic E-state index is 6.27. The second-order valence-electron chi connectivity index (χ2n) is 6.56. The molecule has 4 aromatic rings.